The minimum Gasteiger partial charge on any atom is -0.369 e. The highest BCUT2D eigenvalue weighted by atomic mass is 15.3. The van der Waals surface area contributed by atoms with Gasteiger partial charge in [-0.1, -0.05) is 20.8 Å². The van der Waals surface area contributed by atoms with Gasteiger partial charge >= 0.3 is 0 Å². The van der Waals surface area contributed by atoms with Gasteiger partial charge in [-0.2, -0.15) is 5.10 Å². The van der Waals surface area contributed by atoms with E-state index in [2.05, 4.69) is 31.2 Å². The summed E-state index contributed by atoms with van der Waals surface area (Å²) in [6, 6.07) is 2.23. The molecule has 0 spiro atoms. The van der Waals surface area contributed by atoms with Crippen molar-refractivity contribution in [3.63, 3.8) is 0 Å². The first-order valence-electron chi connectivity index (χ1n) is 5.86. The Kier molecular flexibility index (Phi) is 4.35. The molecule has 1 aromatic rings. The van der Waals surface area contributed by atoms with Crippen LogP contribution < -0.4 is 11.1 Å². The average molecular weight is 224 g/mol. The van der Waals surface area contributed by atoms with Gasteiger partial charge in [-0.15, -0.1) is 0 Å². The van der Waals surface area contributed by atoms with E-state index in [1.807, 2.05) is 19.3 Å². The van der Waals surface area contributed by atoms with Crippen molar-refractivity contribution in [3.8, 4) is 0 Å². The topological polar surface area (TPSA) is 55.9 Å². The number of hydrogen-bond acceptors (Lipinski definition) is 3. The van der Waals surface area contributed by atoms with E-state index in [1.165, 1.54) is 0 Å². The molecule has 92 valence electrons. The van der Waals surface area contributed by atoms with Crippen molar-refractivity contribution < 1.29 is 0 Å². The molecular weight excluding hydrogens is 200 g/mol. The fraction of sp³-hybridized carbons (Fsp3) is 0.750. The Balaban J connectivity index is 2.20. The highest BCUT2D eigenvalue weighted by Crippen LogP contribution is 2.20. The molecule has 0 aromatic carbocycles. The SMILES string of the molecule is Cn1ccc(NCCC(N)CC(C)(C)C)n1. The third-order valence-corrected chi connectivity index (χ3v) is 2.41. The van der Waals surface area contributed by atoms with Crippen molar-refractivity contribution in [2.24, 2.45) is 18.2 Å². The summed E-state index contributed by atoms with van der Waals surface area (Å²) in [6.07, 6.45) is 3.96. The van der Waals surface area contributed by atoms with E-state index in [4.69, 9.17) is 5.73 Å². The molecule has 1 aromatic heterocycles. The number of rotatable bonds is 5. The Hall–Kier alpha value is -1.03. The van der Waals surface area contributed by atoms with Crippen LogP contribution in [0.3, 0.4) is 0 Å². The number of hydrogen-bond donors (Lipinski definition) is 2. The molecule has 3 N–H and O–H groups in total. The van der Waals surface area contributed by atoms with Gasteiger partial charge in [0, 0.05) is 31.9 Å². The smallest absolute Gasteiger partial charge is 0.147 e. The first-order valence-corrected chi connectivity index (χ1v) is 5.86. The second kappa shape index (κ2) is 5.34. The third kappa shape index (κ3) is 5.16. The molecule has 4 heteroatoms. The molecule has 0 saturated carbocycles. The van der Waals surface area contributed by atoms with Crippen molar-refractivity contribution in [3.05, 3.63) is 12.3 Å². The van der Waals surface area contributed by atoms with E-state index in [-0.39, 0.29) is 6.04 Å². The standard InChI is InChI=1S/C12H24N4/c1-12(2,3)9-10(13)5-7-14-11-6-8-16(4)15-11/h6,8,10H,5,7,9,13H2,1-4H3,(H,14,15). The molecule has 1 heterocycles. The Morgan fingerprint density at radius 3 is 2.69 bits per heavy atom. The highest BCUT2D eigenvalue weighted by molar-refractivity contribution is 5.31. The van der Waals surface area contributed by atoms with Gasteiger partial charge in [0.2, 0.25) is 0 Å². The molecular formula is C12H24N4. The fourth-order valence-electron chi connectivity index (χ4n) is 1.78. The van der Waals surface area contributed by atoms with Crippen LogP contribution in [0.1, 0.15) is 33.6 Å². The maximum Gasteiger partial charge on any atom is 0.147 e. The van der Waals surface area contributed by atoms with Crippen LogP contribution in [0.25, 0.3) is 0 Å². The van der Waals surface area contributed by atoms with Gasteiger partial charge in [-0.3, -0.25) is 4.68 Å². The van der Waals surface area contributed by atoms with E-state index >= 15 is 0 Å². The van der Waals surface area contributed by atoms with Crippen LogP contribution in [0.2, 0.25) is 0 Å². The summed E-state index contributed by atoms with van der Waals surface area (Å²) in [5, 5.41) is 7.52. The van der Waals surface area contributed by atoms with Gasteiger partial charge in [0.15, 0.2) is 0 Å². The quantitative estimate of drug-likeness (QED) is 0.804. The van der Waals surface area contributed by atoms with Gasteiger partial charge in [0.1, 0.15) is 5.82 Å². The van der Waals surface area contributed by atoms with Gasteiger partial charge in [-0.25, -0.2) is 0 Å². The van der Waals surface area contributed by atoms with Crippen LogP contribution in [0.4, 0.5) is 5.82 Å². The lowest BCUT2D eigenvalue weighted by Crippen LogP contribution is -2.28. The summed E-state index contributed by atoms with van der Waals surface area (Å²) in [5.41, 5.74) is 6.37. The van der Waals surface area contributed by atoms with Gasteiger partial charge in [0.05, 0.1) is 0 Å². The Morgan fingerprint density at radius 1 is 1.50 bits per heavy atom. The molecule has 0 radical (unpaired) electrons. The minimum atomic E-state index is 0.260. The Bertz CT molecular complexity index is 311. The molecule has 1 unspecified atom stereocenters. The molecule has 4 nitrogen and oxygen atoms in total. The van der Waals surface area contributed by atoms with Gasteiger partial charge < -0.3 is 11.1 Å². The molecule has 16 heavy (non-hydrogen) atoms. The summed E-state index contributed by atoms with van der Waals surface area (Å²) in [4.78, 5) is 0. The molecule has 0 bridgehead atoms. The van der Waals surface area contributed by atoms with Crippen LogP contribution in [-0.4, -0.2) is 22.4 Å². The predicted octanol–water partition coefficient (Wildman–Crippen LogP) is 1.99. The lowest BCUT2D eigenvalue weighted by molar-refractivity contribution is 0.334. The molecule has 1 rings (SSSR count). The second-order valence-electron chi connectivity index (χ2n) is 5.61. The summed E-state index contributed by atoms with van der Waals surface area (Å²) < 4.78 is 1.79. The number of nitrogens with one attached hydrogen (secondary N) is 1. The van der Waals surface area contributed by atoms with Crippen LogP contribution in [0, 0.1) is 5.41 Å². The zero-order valence-electron chi connectivity index (χ0n) is 10.8. The number of nitrogens with two attached hydrogens (primary N) is 1. The molecule has 0 saturated heterocycles. The van der Waals surface area contributed by atoms with Gasteiger partial charge in [-0.05, 0) is 18.3 Å². The summed E-state index contributed by atoms with van der Waals surface area (Å²) in [5.74, 6) is 0.922. The maximum atomic E-state index is 6.06. The minimum absolute atomic E-state index is 0.260. The number of aryl methyl sites for hydroxylation is 1. The van der Waals surface area contributed by atoms with Crippen LogP contribution >= 0.6 is 0 Å². The highest BCUT2D eigenvalue weighted by Gasteiger charge is 2.15. The lowest BCUT2D eigenvalue weighted by atomic mass is 9.87. The second-order valence-corrected chi connectivity index (χ2v) is 5.61. The zero-order valence-corrected chi connectivity index (χ0v) is 10.8. The number of anilines is 1. The first-order chi connectivity index (χ1) is 7.37. The van der Waals surface area contributed by atoms with Crippen LogP contribution in [0.15, 0.2) is 12.3 Å². The van der Waals surface area contributed by atoms with E-state index in [9.17, 15) is 0 Å². The molecule has 0 fully saturated rings. The van der Waals surface area contributed by atoms with Gasteiger partial charge in [0.25, 0.3) is 0 Å². The first kappa shape index (κ1) is 13.0. The molecule has 0 amide bonds. The largest absolute Gasteiger partial charge is 0.369 e. The van der Waals surface area contributed by atoms with E-state index in [0.29, 0.717) is 5.41 Å². The zero-order chi connectivity index (χ0) is 12.2. The van der Waals surface area contributed by atoms with Crippen LogP contribution in [-0.2, 0) is 7.05 Å². The van der Waals surface area contributed by atoms with Crippen molar-refractivity contribution in [1.82, 2.24) is 9.78 Å². The Morgan fingerprint density at radius 2 is 2.19 bits per heavy atom. The van der Waals surface area contributed by atoms with Crippen molar-refractivity contribution in [1.29, 1.82) is 0 Å². The summed E-state index contributed by atoms with van der Waals surface area (Å²) >= 11 is 0. The number of nitrogens with zero attached hydrogens (tertiary/aromatic N) is 2. The predicted molar refractivity (Wildman–Crippen MR) is 68.4 cm³/mol. The third-order valence-electron chi connectivity index (χ3n) is 2.41. The van der Waals surface area contributed by atoms with E-state index in [0.717, 1.165) is 25.2 Å². The molecule has 0 aliphatic carbocycles. The lowest BCUT2D eigenvalue weighted by Gasteiger charge is -2.23. The van der Waals surface area contributed by atoms with E-state index < -0.39 is 0 Å². The fourth-order valence-corrected chi connectivity index (χ4v) is 1.78. The monoisotopic (exact) mass is 224 g/mol. The molecule has 1 atom stereocenters. The number of aromatic nitrogens is 2. The summed E-state index contributed by atoms with van der Waals surface area (Å²) in [7, 11) is 1.91. The van der Waals surface area contributed by atoms with E-state index in [1.54, 1.807) is 4.68 Å². The molecule has 0 aliphatic heterocycles. The average Bonchev–Trinajstić information content (AvgIpc) is 2.48. The van der Waals surface area contributed by atoms with Crippen molar-refractivity contribution >= 4 is 5.82 Å². The van der Waals surface area contributed by atoms with Crippen molar-refractivity contribution in [2.75, 3.05) is 11.9 Å². The maximum absolute atomic E-state index is 6.06. The van der Waals surface area contributed by atoms with Crippen molar-refractivity contribution in [2.45, 2.75) is 39.7 Å². The Labute approximate surface area is 98.2 Å². The van der Waals surface area contributed by atoms with Crippen LogP contribution in [0.5, 0.6) is 0 Å². The summed E-state index contributed by atoms with van der Waals surface area (Å²) in [6.45, 7) is 7.55. The molecule has 0 aliphatic rings. The normalized spacial score (nSPS) is 13.8.